The molecular weight excluding hydrogens is 244 g/mol. The fourth-order valence-electron chi connectivity index (χ4n) is 1.17. The summed E-state index contributed by atoms with van der Waals surface area (Å²) in [6.07, 6.45) is -0.406. The molecule has 0 aliphatic carbocycles. The van der Waals surface area contributed by atoms with Gasteiger partial charge in [-0.1, -0.05) is 23.2 Å². The summed E-state index contributed by atoms with van der Waals surface area (Å²) in [5.41, 5.74) is 5.44. The van der Waals surface area contributed by atoms with Crippen molar-refractivity contribution in [2.75, 3.05) is 0 Å². The first-order valence-corrected chi connectivity index (χ1v) is 4.80. The van der Waals surface area contributed by atoms with Crippen LogP contribution in [0.5, 0.6) is 0 Å². The Labute approximate surface area is 95.6 Å². The molecule has 0 amide bonds. The zero-order chi connectivity index (χ0) is 11.6. The van der Waals surface area contributed by atoms with Crippen LogP contribution >= 0.6 is 23.2 Å². The first kappa shape index (κ1) is 12.2. The van der Waals surface area contributed by atoms with Gasteiger partial charge in [0, 0.05) is 11.6 Å². The van der Waals surface area contributed by atoms with Gasteiger partial charge in [-0.05, 0) is 12.1 Å². The molecule has 1 rings (SSSR count). The minimum absolute atomic E-state index is 0.0367. The molecule has 0 saturated heterocycles. The third-order valence-corrected chi connectivity index (χ3v) is 2.66. The van der Waals surface area contributed by atoms with Crippen molar-refractivity contribution in [2.45, 2.75) is 12.5 Å². The van der Waals surface area contributed by atoms with Gasteiger partial charge in [-0.25, -0.2) is 4.39 Å². The van der Waals surface area contributed by atoms with Crippen LogP contribution in [-0.2, 0) is 4.79 Å². The summed E-state index contributed by atoms with van der Waals surface area (Å²) >= 11 is 11.4. The number of carboxylic acids is 1. The molecule has 0 aliphatic rings. The molecule has 0 aromatic heterocycles. The third kappa shape index (κ3) is 2.81. The highest BCUT2D eigenvalue weighted by Gasteiger charge is 2.19. The zero-order valence-corrected chi connectivity index (χ0v) is 9.02. The van der Waals surface area contributed by atoms with Gasteiger partial charge in [0.05, 0.1) is 16.5 Å². The van der Waals surface area contributed by atoms with E-state index < -0.39 is 24.2 Å². The summed E-state index contributed by atoms with van der Waals surface area (Å²) in [6, 6.07) is 1.38. The van der Waals surface area contributed by atoms with E-state index in [-0.39, 0.29) is 15.6 Å². The van der Waals surface area contributed by atoms with E-state index in [1.807, 2.05) is 0 Å². The molecule has 0 radical (unpaired) electrons. The van der Waals surface area contributed by atoms with Crippen LogP contribution in [0.3, 0.4) is 0 Å². The van der Waals surface area contributed by atoms with Gasteiger partial charge >= 0.3 is 5.97 Å². The van der Waals surface area contributed by atoms with Crippen LogP contribution in [0.15, 0.2) is 12.1 Å². The lowest BCUT2D eigenvalue weighted by molar-refractivity contribution is -0.137. The van der Waals surface area contributed by atoms with Gasteiger partial charge in [0.15, 0.2) is 0 Å². The molecule has 0 fully saturated rings. The maximum atomic E-state index is 13.3. The van der Waals surface area contributed by atoms with Crippen molar-refractivity contribution in [3.05, 3.63) is 33.6 Å². The number of aliphatic carboxylic acids is 1. The average molecular weight is 252 g/mol. The van der Waals surface area contributed by atoms with Crippen LogP contribution in [0, 0.1) is 5.82 Å². The normalized spacial score (nSPS) is 12.5. The maximum Gasteiger partial charge on any atom is 0.305 e. The summed E-state index contributed by atoms with van der Waals surface area (Å²) < 4.78 is 13.3. The molecule has 6 heteroatoms. The summed E-state index contributed by atoms with van der Waals surface area (Å²) in [5, 5.41) is 8.63. The van der Waals surface area contributed by atoms with Crippen LogP contribution in [-0.4, -0.2) is 11.1 Å². The SMILES string of the molecule is N[C@@H](CC(=O)O)c1c(F)ccc(Cl)c1Cl. The Bertz CT molecular complexity index is 398. The van der Waals surface area contributed by atoms with Crippen molar-refractivity contribution in [1.82, 2.24) is 0 Å². The number of nitrogens with two attached hydrogens (primary N) is 1. The van der Waals surface area contributed by atoms with E-state index >= 15 is 0 Å². The van der Waals surface area contributed by atoms with Crippen LogP contribution in [0.2, 0.25) is 10.0 Å². The molecule has 0 saturated carbocycles. The minimum atomic E-state index is -1.13. The first-order chi connectivity index (χ1) is 6.93. The Morgan fingerprint density at radius 1 is 1.53 bits per heavy atom. The molecule has 0 heterocycles. The molecule has 1 aromatic carbocycles. The lowest BCUT2D eigenvalue weighted by Gasteiger charge is -2.13. The van der Waals surface area contributed by atoms with E-state index in [1.165, 1.54) is 6.07 Å². The van der Waals surface area contributed by atoms with Gasteiger partial charge in [-0.3, -0.25) is 4.79 Å². The molecule has 0 aliphatic heterocycles. The summed E-state index contributed by atoms with van der Waals surface area (Å²) in [6.45, 7) is 0. The second kappa shape index (κ2) is 4.79. The van der Waals surface area contributed by atoms with E-state index in [9.17, 15) is 9.18 Å². The number of hydrogen-bond donors (Lipinski definition) is 2. The van der Waals surface area contributed by atoms with Gasteiger partial charge in [-0.2, -0.15) is 0 Å². The lowest BCUT2D eigenvalue weighted by atomic mass is 10.0. The Morgan fingerprint density at radius 3 is 2.67 bits per heavy atom. The Morgan fingerprint density at radius 2 is 2.13 bits per heavy atom. The van der Waals surface area contributed by atoms with Crippen LogP contribution in [0.4, 0.5) is 4.39 Å². The summed E-state index contributed by atoms with van der Waals surface area (Å²) in [4.78, 5) is 10.4. The fraction of sp³-hybridized carbons (Fsp3) is 0.222. The molecule has 3 nitrogen and oxygen atoms in total. The number of hydrogen-bond acceptors (Lipinski definition) is 2. The molecule has 3 N–H and O–H groups in total. The molecule has 15 heavy (non-hydrogen) atoms. The van der Waals surface area contributed by atoms with Crippen LogP contribution < -0.4 is 5.73 Å². The third-order valence-electron chi connectivity index (χ3n) is 1.84. The van der Waals surface area contributed by atoms with Gasteiger partial charge in [0.25, 0.3) is 0 Å². The lowest BCUT2D eigenvalue weighted by Crippen LogP contribution is -2.17. The van der Waals surface area contributed by atoms with E-state index in [0.717, 1.165) is 6.07 Å². The average Bonchev–Trinajstić information content (AvgIpc) is 2.11. The molecule has 82 valence electrons. The standard InChI is InChI=1S/C9H8Cl2FNO2/c10-4-1-2-5(12)8(9(4)11)6(13)3-7(14)15/h1-2,6H,3,13H2,(H,14,15)/t6-/m0/s1. The molecule has 0 bridgehead atoms. The van der Waals surface area contributed by atoms with E-state index in [0.29, 0.717) is 0 Å². The number of rotatable bonds is 3. The maximum absolute atomic E-state index is 13.3. The Kier molecular flexibility index (Phi) is 3.90. The minimum Gasteiger partial charge on any atom is -0.481 e. The molecule has 1 aromatic rings. The summed E-state index contributed by atoms with van der Waals surface area (Å²) in [5.74, 6) is -1.78. The van der Waals surface area contributed by atoms with Gasteiger partial charge < -0.3 is 10.8 Å². The predicted molar refractivity (Wildman–Crippen MR) is 55.6 cm³/mol. The number of benzene rings is 1. The molecule has 0 unspecified atom stereocenters. The van der Waals surface area contributed by atoms with Gasteiger partial charge in [0.2, 0.25) is 0 Å². The topological polar surface area (TPSA) is 63.3 Å². The quantitative estimate of drug-likeness (QED) is 0.812. The van der Waals surface area contributed by atoms with Crippen molar-refractivity contribution in [3.8, 4) is 0 Å². The highest BCUT2D eigenvalue weighted by molar-refractivity contribution is 6.42. The molecular formula is C9H8Cl2FNO2. The smallest absolute Gasteiger partial charge is 0.305 e. The molecule has 1 atom stereocenters. The number of carbonyl (C=O) groups is 1. The van der Waals surface area contributed by atoms with Crippen molar-refractivity contribution in [1.29, 1.82) is 0 Å². The van der Waals surface area contributed by atoms with Crippen molar-refractivity contribution >= 4 is 29.2 Å². The van der Waals surface area contributed by atoms with Crippen LogP contribution in [0.1, 0.15) is 18.0 Å². The van der Waals surface area contributed by atoms with Crippen molar-refractivity contribution in [3.63, 3.8) is 0 Å². The number of halogens is 3. The highest BCUT2D eigenvalue weighted by atomic mass is 35.5. The highest BCUT2D eigenvalue weighted by Crippen LogP contribution is 2.32. The Hall–Kier alpha value is -0.840. The zero-order valence-electron chi connectivity index (χ0n) is 7.51. The van der Waals surface area contributed by atoms with Crippen LogP contribution in [0.25, 0.3) is 0 Å². The first-order valence-electron chi connectivity index (χ1n) is 4.04. The monoisotopic (exact) mass is 251 g/mol. The van der Waals surface area contributed by atoms with Crippen molar-refractivity contribution in [2.24, 2.45) is 5.73 Å². The largest absolute Gasteiger partial charge is 0.481 e. The Balaban J connectivity index is 3.12. The second-order valence-corrected chi connectivity index (χ2v) is 3.75. The van der Waals surface area contributed by atoms with E-state index in [2.05, 4.69) is 0 Å². The van der Waals surface area contributed by atoms with Gasteiger partial charge in [0.1, 0.15) is 5.82 Å². The van der Waals surface area contributed by atoms with Gasteiger partial charge in [-0.15, -0.1) is 0 Å². The van der Waals surface area contributed by atoms with E-state index in [4.69, 9.17) is 34.0 Å². The number of carboxylic acid groups (broad SMARTS) is 1. The summed E-state index contributed by atoms with van der Waals surface area (Å²) in [7, 11) is 0. The van der Waals surface area contributed by atoms with Crippen molar-refractivity contribution < 1.29 is 14.3 Å². The predicted octanol–water partition coefficient (Wildman–Crippen LogP) is 2.61. The molecule has 0 spiro atoms. The second-order valence-electron chi connectivity index (χ2n) is 2.96. The van der Waals surface area contributed by atoms with E-state index in [1.54, 1.807) is 0 Å². The fourth-order valence-corrected chi connectivity index (χ4v) is 1.63.